The first-order chi connectivity index (χ1) is 13.5. The zero-order chi connectivity index (χ0) is 19.9. The van der Waals surface area contributed by atoms with E-state index in [1.807, 2.05) is 27.9 Å². The molecule has 0 radical (unpaired) electrons. The van der Waals surface area contributed by atoms with E-state index < -0.39 is 11.6 Å². The maximum atomic E-state index is 12.4. The molecule has 2 aromatic rings. The van der Waals surface area contributed by atoms with Gasteiger partial charge in [0.15, 0.2) is 0 Å². The number of piperidine rings is 1. The first kappa shape index (κ1) is 19.5. The lowest BCUT2D eigenvalue weighted by atomic mass is 9.75. The molecular weight excluding hydrogens is 380 g/mol. The van der Waals surface area contributed by atoms with Gasteiger partial charge in [0.1, 0.15) is 6.10 Å². The van der Waals surface area contributed by atoms with Crippen molar-refractivity contribution in [1.29, 1.82) is 0 Å². The van der Waals surface area contributed by atoms with E-state index >= 15 is 0 Å². The number of likely N-dealkylation sites (tertiary alicyclic amines) is 1. The Morgan fingerprint density at radius 3 is 2.89 bits per heavy atom. The van der Waals surface area contributed by atoms with Crippen LogP contribution in [-0.4, -0.2) is 59.2 Å². The molecule has 2 atom stereocenters. The Morgan fingerprint density at radius 1 is 1.43 bits per heavy atom. The third-order valence-electron chi connectivity index (χ3n) is 6.37. The lowest BCUT2D eigenvalue weighted by molar-refractivity contribution is -0.0116. The molecule has 0 bridgehead atoms. The number of aliphatic hydroxyl groups excluding tert-OH is 1. The summed E-state index contributed by atoms with van der Waals surface area (Å²) in [6, 6.07) is 3.71. The molecular formula is C20H27ClN4O3. The number of methoxy groups -OCH3 is 1. The summed E-state index contributed by atoms with van der Waals surface area (Å²) < 4.78 is 6.98. The number of carbonyl (C=O) groups excluding carboxylic acids is 1. The van der Waals surface area contributed by atoms with E-state index in [1.54, 1.807) is 7.11 Å². The summed E-state index contributed by atoms with van der Waals surface area (Å²) in [6.45, 7) is 4.67. The molecule has 28 heavy (non-hydrogen) atoms. The second kappa shape index (κ2) is 7.54. The summed E-state index contributed by atoms with van der Waals surface area (Å²) in [5, 5.41) is 20.3. The van der Waals surface area contributed by atoms with E-state index in [2.05, 4.69) is 17.3 Å². The molecule has 1 saturated heterocycles. The Labute approximate surface area is 169 Å². The SMILES string of the molecule is COCCCNC(=O)N1CCC(C2(C)[C@H](O)c3cc(Cl)cc4cnn2c34)CC1. The number of aromatic nitrogens is 2. The number of hydrogen-bond donors (Lipinski definition) is 2. The Morgan fingerprint density at radius 2 is 2.18 bits per heavy atom. The van der Waals surface area contributed by atoms with Gasteiger partial charge in [0.2, 0.25) is 0 Å². The molecule has 1 aromatic heterocycles. The van der Waals surface area contributed by atoms with Gasteiger partial charge in [-0.15, -0.1) is 0 Å². The van der Waals surface area contributed by atoms with Gasteiger partial charge in [-0.2, -0.15) is 5.10 Å². The van der Waals surface area contributed by atoms with Crippen molar-refractivity contribution in [1.82, 2.24) is 20.0 Å². The smallest absolute Gasteiger partial charge is 0.317 e. The number of benzene rings is 1. The van der Waals surface area contributed by atoms with Crippen LogP contribution in [0.1, 0.15) is 37.9 Å². The summed E-state index contributed by atoms with van der Waals surface area (Å²) >= 11 is 6.24. The van der Waals surface area contributed by atoms with Crippen molar-refractivity contribution >= 4 is 28.5 Å². The summed E-state index contributed by atoms with van der Waals surface area (Å²) in [7, 11) is 1.66. The van der Waals surface area contributed by atoms with Crippen LogP contribution in [0.2, 0.25) is 5.02 Å². The lowest BCUT2D eigenvalue weighted by Gasteiger charge is -2.42. The fraction of sp³-hybridized carbons (Fsp3) is 0.600. The molecule has 3 heterocycles. The Hall–Kier alpha value is -1.83. The fourth-order valence-electron chi connectivity index (χ4n) is 4.75. The van der Waals surface area contributed by atoms with Gasteiger partial charge in [-0.3, -0.25) is 4.68 Å². The van der Waals surface area contributed by atoms with E-state index in [1.165, 1.54) is 0 Å². The Bertz CT molecular complexity index is 878. The van der Waals surface area contributed by atoms with Gasteiger partial charge in [-0.05, 0) is 44.2 Å². The molecule has 0 saturated carbocycles. The summed E-state index contributed by atoms with van der Waals surface area (Å²) in [4.78, 5) is 14.2. The van der Waals surface area contributed by atoms with Crippen LogP contribution in [0.15, 0.2) is 18.3 Å². The summed E-state index contributed by atoms with van der Waals surface area (Å²) in [5.41, 5.74) is 1.29. The topological polar surface area (TPSA) is 79.6 Å². The van der Waals surface area contributed by atoms with Crippen LogP contribution in [0.5, 0.6) is 0 Å². The standard InChI is InChI=1S/C20H27ClN4O3/c1-20(14-4-7-24(8-5-14)19(27)22-6-3-9-28-2)18(26)16-11-15(21)10-13-12-23-25(20)17(13)16/h10-12,14,18,26H,3-9H2,1-2H3,(H,22,27)/t18-,20?/m1/s1. The molecule has 2 N–H and O–H groups in total. The number of nitrogens with one attached hydrogen (secondary N) is 1. The number of urea groups is 1. The van der Waals surface area contributed by atoms with Crippen LogP contribution in [0, 0.1) is 5.92 Å². The largest absolute Gasteiger partial charge is 0.386 e. The van der Waals surface area contributed by atoms with Crippen LogP contribution in [0.25, 0.3) is 10.9 Å². The van der Waals surface area contributed by atoms with E-state index in [0.29, 0.717) is 31.3 Å². The maximum absolute atomic E-state index is 12.4. The average molecular weight is 407 g/mol. The molecule has 0 aliphatic carbocycles. The van der Waals surface area contributed by atoms with Gasteiger partial charge in [0.05, 0.1) is 17.3 Å². The van der Waals surface area contributed by atoms with Gasteiger partial charge in [-0.1, -0.05) is 11.6 Å². The van der Waals surface area contributed by atoms with E-state index in [4.69, 9.17) is 16.3 Å². The monoisotopic (exact) mass is 406 g/mol. The van der Waals surface area contributed by atoms with Crippen molar-refractivity contribution in [2.45, 2.75) is 37.8 Å². The number of amides is 2. The van der Waals surface area contributed by atoms with Crippen molar-refractivity contribution in [2.24, 2.45) is 5.92 Å². The minimum absolute atomic E-state index is 0.0248. The third kappa shape index (κ3) is 3.06. The van der Waals surface area contributed by atoms with E-state index in [9.17, 15) is 9.90 Å². The van der Waals surface area contributed by atoms with Gasteiger partial charge in [0.25, 0.3) is 0 Å². The predicted octanol–water partition coefficient (Wildman–Crippen LogP) is 2.91. The Balaban J connectivity index is 1.45. The highest BCUT2D eigenvalue weighted by Gasteiger charge is 2.50. The van der Waals surface area contributed by atoms with Crippen molar-refractivity contribution in [3.8, 4) is 0 Å². The molecule has 152 valence electrons. The average Bonchev–Trinajstić information content (AvgIpc) is 3.21. The zero-order valence-corrected chi connectivity index (χ0v) is 17.1. The van der Waals surface area contributed by atoms with Crippen molar-refractivity contribution in [3.63, 3.8) is 0 Å². The highest BCUT2D eigenvalue weighted by atomic mass is 35.5. The molecule has 7 nitrogen and oxygen atoms in total. The second-order valence-electron chi connectivity index (χ2n) is 7.96. The zero-order valence-electron chi connectivity index (χ0n) is 16.3. The molecule has 2 aliphatic heterocycles. The van der Waals surface area contributed by atoms with Crippen molar-refractivity contribution in [3.05, 3.63) is 28.9 Å². The molecule has 2 aliphatic rings. The van der Waals surface area contributed by atoms with Crippen LogP contribution >= 0.6 is 11.6 Å². The van der Waals surface area contributed by atoms with Crippen molar-refractivity contribution in [2.75, 3.05) is 33.4 Å². The van der Waals surface area contributed by atoms with Crippen molar-refractivity contribution < 1.29 is 14.6 Å². The minimum atomic E-state index is -0.656. The Kier molecular flexibility index (Phi) is 5.24. The van der Waals surface area contributed by atoms with Gasteiger partial charge >= 0.3 is 6.03 Å². The number of nitrogens with zero attached hydrogens (tertiary/aromatic N) is 3. The number of rotatable bonds is 5. The quantitative estimate of drug-likeness (QED) is 0.748. The summed E-state index contributed by atoms with van der Waals surface area (Å²) in [5.74, 6) is 0.217. The molecule has 0 spiro atoms. The molecule has 1 aromatic carbocycles. The number of ether oxygens (including phenoxy) is 1. The van der Waals surface area contributed by atoms with Crippen LogP contribution in [0.3, 0.4) is 0 Å². The normalized spacial score (nSPS) is 24.9. The van der Waals surface area contributed by atoms with Gasteiger partial charge in [-0.25, -0.2) is 4.79 Å². The second-order valence-corrected chi connectivity index (χ2v) is 8.39. The molecule has 4 rings (SSSR count). The molecule has 1 unspecified atom stereocenters. The van der Waals surface area contributed by atoms with E-state index in [-0.39, 0.29) is 11.9 Å². The molecule has 2 amide bonds. The third-order valence-corrected chi connectivity index (χ3v) is 6.59. The first-order valence-corrected chi connectivity index (χ1v) is 10.2. The first-order valence-electron chi connectivity index (χ1n) is 9.84. The number of carbonyl (C=O) groups is 1. The van der Waals surface area contributed by atoms with Crippen LogP contribution in [0.4, 0.5) is 4.79 Å². The number of halogens is 1. The minimum Gasteiger partial charge on any atom is -0.386 e. The van der Waals surface area contributed by atoms with Crippen LogP contribution < -0.4 is 5.32 Å². The van der Waals surface area contributed by atoms with Gasteiger partial charge < -0.3 is 20.1 Å². The van der Waals surface area contributed by atoms with E-state index in [0.717, 1.165) is 35.7 Å². The maximum Gasteiger partial charge on any atom is 0.317 e. The molecule has 8 heteroatoms. The number of hydrogen-bond acceptors (Lipinski definition) is 4. The van der Waals surface area contributed by atoms with Gasteiger partial charge in [0, 0.05) is 49.3 Å². The lowest BCUT2D eigenvalue weighted by Crippen LogP contribution is -2.50. The predicted molar refractivity (Wildman–Crippen MR) is 108 cm³/mol. The summed E-state index contributed by atoms with van der Waals surface area (Å²) in [6.07, 6.45) is 3.61. The highest BCUT2D eigenvalue weighted by Crippen LogP contribution is 2.51. The number of aliphatic hydroxyl groups is 1. The molecule has 1 fully saturated rings. The van der Waals surface area contributed by atoms with Crippen LogP contribution in [-0.2, 0) is 10.3 Å². The highest BCUT2D eigenvalue weighted by molar-refractivity contribution is 6.31. The fourth-order valence-corrected chi connectivity index (χ4v) is 4.99.